The van der Waals surface area contributed by atoms with Crippen LogP contribution in [0.5, 0.6) is 0 Å². The van der Waals surface area contributed by atoms with E-state index in [4.69, 9.17) is 0 Å². The molecule has 17 heavy (non-hydrogen) atoms. The summed E-state index contributed by atoms with van der Waals surface area (Å²) in [6, 6.07) is 7.42. The molecule has 2 rings (SSSR count). The summed E-state index contributed by atoms with van der Waals surface area (Å²) in [6.07, 6.45) is 0. The lowest BCUT2D eigenvalue weighted by atomic mass is 10.0. The largest absolute Gasteiger partial charge is 0.331 e. The van der Waals surface area contributed by atoms with Crippen LogP contribution in [0, 0.1) is 0 Å². The molecular formula is C12H11NO3S. The number of fused-ring (bicyclic) bond motifs is 1. The first-order valence-electron chi connectivity index (χ1n) is 5.13. The van der Waals surface area contributed by atoms with Gasteiger partial charge in [-0.05, 0) is 5.56 Å². The monoisotopic (exact) mass is 249 g/mol. The summed E-state index contributed by atoms with van der Waals surface area (Å²) >= 11 is 1.58. The molecule has 0 bridgehead atoms. The molecule has 1 aromatic carbocycles. The van der Waals surface area contributed by atoms with E-state index < -0.39 is 5.97 Å². The van der Waals surface area contributed by atoms with Crippen LogP contribution in [-0.4, -0.2) is 23.2 Å². The van der Waals surface area contributed by atoms with E-state index in [1.165, 1.54) is 6.92 Å². The van der Waals surface area contributed by atoms with Gasteiger partial charge in [-0.1, -0.05) is 29.4 Å². The zero-order valence-corrected chi connectivity index (χ0v) is 10.1. The third kappa shape index (κ3) is 2.74. The number of thioether (sulfide) groups is 1. The van der Waals surface area contributed by atoms with E-state index in [9.17, 15) is 9.59 Å². The van der Waals surface area contributed by atoms with Crippen LogP contribution in [-0.2, 0) is 15.4 Å². The molecule has 1 aliphatic rings. The molecule has 0 fully saturated rings. The molecule has 0 spiro atoms. The maximum atomic E-state index is 12.1. The second-order valence-corrected chi connectivity index (χ2v) is 4.59. The van der Waals surface area contributed by atoms with E-state index in [-0.39, 0.29) is 11.5 Å². The molecule has 0 saturated heterocycles. The predicted octanol–water partition coefficient (Wildman–Crippen LogP) is 2.04. The summed E-state index contributed by atoms with van der Waals surface area (Å²) in [5, 5.41) is 3.62. The van der Waals surface area contributed by atoms with Crippen LogP contribution < -0.4 is 0 Å². The topological polar surface area (TPSA) is 55.7 Å². The number of hydrogen-bond donors (Lipinski definition) is 0. The average molecular weight is 249 g/mol. The molecule has 0 aliphatic carbocycles. The maximum Gasteiger partial charge on any atom is 0.331 e. The van der Waals surface area contributed by atoms with Crippen molar-refractivity contribution >= 4 is 29.2 Å². The fourth-order valence-electron chi connectivity index (χ4n) is 1.53. The van der Waals surface area contributed by atoms with Gasteiger partial charge in [-0.3, -0.25) is 4.79 Å². The van der Waals surface area contributed by atoms with Gasteiger partial charge in [0.2, 0.25) is 5.78 Å². The molecule has 0 amide bonds. The molecule has 88 valence electrons. The molecule has 4 nitrogen and oxygen atoms in total. The summed E-state index contributed by atoms with van der Waals surface area (Å²) in [5.74, 6) is 0.543. The van der Waals surface area contributed by atoms with Gasteiger partial charge in [0.1, 0.15) is 5.71 Å². The van der Waals surface area contributed by atoms with Gasteiger partial charge in [0.15, 0.2) is 0 Å². The first-order chi connectivity index (χ1) is 8.18. The summed E-state index contributed by atoms with van der Waals surface area (Å²) in [5.41, 5.74) is 1.93. The number of benzene rings is 1. The molecule has 0 N–H and O–H groups in total. The van der Waals surface area contributed by atoms with Gasteiger partial charge in [-0.15, -0.1) is 0 Å². The highest BCUT2D eigenvalue weighted by Gasteiger charge is 2.22. The van der Waals surface area contributed by atoms with Gasteiger partial charge in [0.05, 0.1) is 0 Å². The number of oxime groups is 1. The highest BCUT2D eigenvalue weighted by Crippen LogP contribution is 2.22. The Morgan fingerprint density at radius 2 is 2.12 bits per heavy atom. The van der Waals surface area contributed by atoms with Crippen molar-refractivity contribution in [1.82, 2.24) is 0 Å². The lowest BCUT2D eigenvalue weighted by Gasteiger charge is -2.02. The van der Waals surface area contributed by atoms with E-state index in [0.29, 0.717) is 11.3 Å². The first-order valence-corrected chi connectivity index (χ1v) is 6.29. The molecule has 0 saturated carbocycles. The van der Waals surface area contributed by atoms with Crippen molar-refractivity contribution in [2.75, 3.05) is 5.75 Å². The Labute approximate surface area is 103 Å². The van der Waals surface area contributed by atoms with E-state index in [1.807, 2.05) is 18.2 Å². The van der Waals surface area contributed by atoms with Crippen LogP contribution in [0.25, 0.3) is 0 Å². The third-order valence-corrected chi connectivity index (χ3v) is 3.30. The lowest BCUT2D eigenvalue weighted by molar-refractivity contribution is -0.140. The van der Waals surface area contributed by atoms with Crippen molar-refractivity contribution < 1.29 is 14.4 Å². The SMILES string of the molecule is CC(=O)ON=C1CSCc2ccccc2C1=O. The molecule has 0 radical (unpaired) electrons. The summed E-state index contributed by atoms with van der Waals surface area (Å²) in [7, 11) is 0. The van der Waals surface area contributed by atoms with Crippen LogP contribution >= 0.6 is 11.8 Å². The van der Waals surface area contributed by atoms with Crippen LogP contribution in [0.2, 0.25) is 0 Å². The van der Waals surface area contributed by atoms with Crippen molar-refractivity contribution in [3.8, 4) is 0 Å². The quantitative estimate of drug-likeness (QED) is 0.564. The minimum atomic E-state index is -0.521. The van der Waals surface area contributed by atoms with Crippen molar-refractivity contribution in [1.29, 1.82) is 0 Å². The summed E-state index contributed by atoms with van der Waals surface area (Å²) in [4.78, 5) is 27.3. The van der Waals surface area contributed by atoms with Crippen molar-refractivity contribution in [3.63, 3.8) is 0 Å². The fraction of sp³-hybridized carbons (Fsp3) is 0.250. The van der Waals surface area contributed by atoms with Gasteiger partial charge >= 0.3 is 5.97 Å². The number of carbonyl (C=O) groups excluding carboxylic acids is 2. The number of hydrogen-bond acceptors (Lipinski definition) is 5. The standard InChI is InChI=1S/C12H11NO3S/c1-8(14)16-13-11-7-17-6-9-4-2-3-5-10(9)12(11)15/h2-5H,6-7H2,1H3. The highest BCUT2D eigenvalue weighted by atomic mass is 32.2. The third-order valence-electron chi connectivity index (χ3n) is 2.30. The van der Waals surface area contributed by atoms with Crippen LogP contribution in [0.4, 0.5) is 0 Å². The Kier molecular flexibility index (Phi) is 3.58. The van der Waals surface area contributed by atoms with Gasteiger partial charge < -0.3 is 4.84 Å². The van der Waals surface area contributed by atoms with Crippen molar-refractivity contribution in [2.45, 2.75) is 12.7 Å². The second kappa shape index (κ2) is 5.14. The fourth-order valence-corrected chi connectivity index (χ4v) is 2.48. The lowest BCUT2D eigenvalue weighted by Crippen LogP contribution is -2.17. The highest BCUT2D eigenvalue weighted by molar-refractivity contribution is 7.99. The minimum Gasteiger partial charge on any atom is -0.318 e. The molecule has 0 atom stereocenters. The zero-order chi connectivity index (χ0) is 12.3. The zero-order valence-electron chi connectivity index (χ0n) is 9.30. The van der Waals surface area contributed by atoms with E-state index in [0.717, 1.165) is 11.3 Å². The number of ketones is 1. The number of carbonyl (C=O) groups is 2. The average Bonchev–Trinajstić information content (AvgIpc) is 2.47. The molecule has 5 heteroatoms. The molecule has 0 aromatic heterocycles. The summed E-state index contributed by atoms with van der Waals surface area (Å²) in [6.45, 7) is 1.26. The second-order valence-electron chi connectivity index (χ2n) is 3.60. The molecule has 0 unspecified atom stereocenters. The van der Waals surface area contributed by atoms with E-state index in [1.54, 1.807) is 17.8 Å². The van der Waals surface area contributed by atoms with Crippen molar-refractivity contribution in [2.24, 2.45) is 5.16 Å². The minimum absolute atomic E-state index is 0.160. The number of Topliss-reactive ketones (excluding diaryl/α,β-unsaturated/α-hetero) is 1. The van der Waals surface area contributed by atoms with Crippen LogP contribution in [0.1, 0.15) is 22.8 Å². The number of rotatable bonds is 1. The van der Waals surface area contributed by atoms with Gasteiger partial charge in [0, 0.05) is 24.0 Å². The van der Waals surface area contributed by atoms with Gasteiger partial charge in [-0.2, -0.15) is 11.8 Å². The first kappa shape index (κ1) is 11.9. The number of nitrogens with zero attached hydrogens (tertiary/aromatic N) is 1. The molecular weight excluding hydrogens is 238 g/mol. The van der Waals surface area contributed by atoms with Crippen LogP contribution in [0.15, 0.2) is 29.4 Å². The molecule has 1 aromatic rings. The Morgan fingerprint density at radius 1 is 1.35 bits per heavy atom. The molecule has 1 aliphatic heterocycles. The van der Waals surface area contributed by atoms with Gasteiger partial charge in [0.25, 0.3) is 0 Å². The Balaban J connectivity index is 2.32. The van der Waals surface area contributed by atoms with E-state index >= 15 is 0 Å². The Morgan fingerprint density at radius 3 is 2.88 bits per heavy atom. The maximum absolute atomic E-state index is 12.1. The molecule has 1 heterocycles. The van der Waals surface area contributed by atoms with E-state index in [2.05, 4.69) is 9.99 Å². The Bertz CT molecular complexity index is 496. The Hall–Kier alpha value is -1.62. The predicted molar refractivity (Wildman–Crippen MR) is 66.1 cm³/mol. The smallest absolute Gasteiger partial charge is 0.318 e. The van der Waals surface area contributed by atoms with Crippen molar-refractivity contribution in [3.05, 3.63) is 35.4 Å². The summed E-state index contributed by atoms with van der Waals surface area (Å²) < 4.78 is 0. The normalized spacial score (nSPS) is 17.5. The van der Waals surface area contributed by atoms with Gasteiger partial charge in [-0.25, -0.2) is 4.79 Å². The van der Waals surface area contributed by atoms with Crippen LogP contribution in [0.3, 0.4) is 0 Å².